The summed E-state index contributed by atoms with van der Waals surface area (Å²) in [6.07, 6.45) is 0.616. The molecule has 2 aliphatic rings. The van der Waals surface area contributed by atoms with Crippen LogP contribution in [0, 0.1) is 0 Å². The predicted molar refractivity (Wildman–Crippen MR) is 132 cm³/mol. The van der Waals surface area contributed by atoms with Crippen LogP contribution in [-0.4, -0.2) is 76.6 Å². The van der Waals surface area contributed by atoms with Gasteiger partial charge < -0.3 is 20.4 Å². The number of benzene rings is 1. The quantitative estimate of drug-likeness (QED) is 0.329. The smallest absolute Gasteiger partial charge is 0.191 e. The number of sulfone groups is 1. The Bertz CT molecular complexity index is 813. The molecule has 1 aromatic carbocycles. The summed E-state index contributed by atoms with van der Waals surface area (Å²) >= 11 is 6.52. The summed E-state index contributed by atoms with van der Waals surface area (Å²) in [6, 6.07) is 5.89. The van der Waals surface area contributed by atoms with Gasteiger partial charge in [0.2, 0.25) is 0 Å². The van der Waals surface area contributed by atoms with Gasteiger partial charge in [-0.1, -0.05) is 17.7 Å². The molecule has 7 nitrogen and oxygen atoms in total. The first-order chi connectivity index (χ1) is 13.4. The Kier molecular flexibility index (Phi) is 9.30. The standard InChI is InChI=1S/C19H30ClN5O2S.HI/c1-3-21-19(23-15-7-12-28(26,27)14-15)22-13-16-17(20)5-4-6-18(16)25-10-8-24(2)9-11-25;/h4-6,15H,3,7-14H2,1-2H3,(H2,21,22,23);1H. The van der Waals surface area contributed by atoms with Crippen molar-refractivity contribution in [2.75, 3.05) is 56.2 Å². The van der Waals surface area contributed by atoms with Gasteiger partial charge in [0.1, 0.15) is 0 Å². The van der Waals surface area contributed by atoms with Gasteiger partial charge in [-0.05, 0) is 32.5 Å². The van der Waals surface area contributed by atoms with Crippen molar-refractivity contribution in [2.24, 2.45) is 4.99 Å². The van der Waals surface area contributed by atoms with E-state index in [-0.39, 0.29) is 41.5 Å². The number of likely N-dealkylation sites (N-methyl/N-ethyl adjacent to an activating group) is 1. The fourth-order valence-electron chi connectivity index (χ4n) is 3.63. The number of guanidine groups is 1. The summed E-state index contributed by atoms with van der Waals surface area (Å²) in [6.45, 7) is 7.12. The topological polar surface area (TPSA) is 77.0 Å². The minimum Gasteiger partial charge on any atom is -0.369 e. The monoisotopic (exact) mass is 555 g/mol. The number of nitrogens with zero attached hydrogens (tertiary/aromatic N) is 3. The molecule has 0 spiro atoms. The van der Waals surface area contributed by atoms with E-state index >= 15 is 0 Å². The van der Waals surface area contributed by atoms with E-state index in [9.17, 15) is 8.42 Å². The molecule has 2 heterocycles. The lowest BCUT2D eigenvalue weighted by Crippen LogP contribution is -2.45. The molecule has 0 amide bonds. The van der Waals surface area contributed by atoms with E-state index in [4.69, 9.17) is 16.6 Å². The normalized spacial score (nSPS) is 22.2. The predicted octanol–water partition coefficient (Wildman–Crippen LogP) is 1.95. The molecule has 1 aromatic rings. The summed E-state index contributed by atoms with van der Waals surface area (Å²) in [7, 11) is -0.796. The molecule has 0 aromatic heterocycles. The van der Waals surface area contributed by atoms with Crippen molar-refractivity contribution in [3.63, 3.8) is 0 Å². The fraction of sp³-hybridized carbons (Fsp3) is 0.632. The summed E-state index contributed by atoms with van der Waals surface area (Å²) in [4.78, 5) is 9.39. The van der Waals surface area contributed by atoms with Crippen LogP contribution in [-0.2, 0) is 16.4 Å². The van der Waals surface area contributed by atoms with Gasteiger partial charge in [-0.15, -0.1) is 24.0 Å². The lowest BCUT2D eigenvalue weighted by Gasteiger charge is -2.35. The van der Waals surface area contributed by atoms with Crippen LogP contribution in [0.1, 0.15) is 18.9 Å². The third-order valence-corrected chi connectivity index (χ3v) is 7.37. The van der Waals surface area contributed by atoms with Crippen molar-refractivity contribution in [1.29, 1.82) is 0 Å². The number of hydrogen-bond acceptors (Lipinski definition) is 5. The van der Waals surface area contributed by atoms with Crippen molar-refractivity contribution >= 4 is 57.1 Å². The summed E-state index contributed by atoms with van der Waals surface area (Å²) in [5.41, 5.74) is 2.13. The average Bonchev–Trinajstić information content (AvgIpc) is 2.99. The number of rotatable bonds is 5. The van der Waals surface area contributed by atoms with Crippen molar-refractivity contribution in [3.8, 4) is 0 Å². The van der Waals surface area contributed by atoms with E-state index in [2.05, 4.69) is 33.5 Å². The number of anilines is 1. The Labute approximate surface area is 196 Å². The third-order valence-electron chi connectivity index (χ3n) is 5.25. The average molecular weight is 556 g/mol. The molecular formula is C19H31ClIN5O2S. The fourth-order valence-corrected chi connectivity index (χ4v) is 5.53. The summed E-state index contributed by atoms with van der Waals surface area (Å²) in [5.74, 6) is 1.03. The Morgan fingerprint density at radius 2 is 2.00 bits per heavy atom. The first kappa shape index (κ1) is 24.5. The van der Waals surface area contributed by atoms with E-state index < -0.39 is 9.84 Å². The van der Waals surface area contributed by atoms with E-state index in [1.165, 1.54) is 0 Å². The third kappa shape index (κ3) is 6.86. The maximum absolute atomic E-state index is 11.7. The molecular weight excluding hydrogens is 525 g/mol. The largest absolute Gasteiger partial charge is 0.369 e. The molecule has 10 heteroatoms. The lowest BCUT2D eigenvalue weighted by atomic mass is 10.1. The minimum absolute atomic E-state index is 0. The Morgan fingerprint density at radius 1 is 1.28 bits per heavy atom. The van der Waals surface area contributed by atoms with Gasteiger partial charge in [-0.2, -0.15) is 0 Å². The zero-order valence-electron chi connectivity index (χ0n) is 17.0. The van der Waals surface area contributed by atoms with E-state index in [0.29, 0.717) is 30.5 Å². The highest BCUT2D eigenvalue weighted by Crippen LogP contribution is 2.29. The van der Waals surface area contributed by atoms with Crippen molar-refractivity contribution in [2.45, 2.75) is 25.9 Å². The summed E-state index contributed by atoms with van der Waals surface area (Å²) in [5, 5.41) is 7.18. The van der Waals surface area contributed by atoms with Crippen LogP contribution in [0.2, 0.25) is 5.02 Å². The first-order valence-electron chi connectivity index (χ1n) is 9.84. The van der Waals surface area contributed by atoms with Crippen LogP contribution in [0.25, 0.3) is 0 Å². The van der Waals surface area contributed by atoms with Crippen molar-refractivity contribution < 1.29 is 8.42 Å². The second-order valence-electron chi connectivity index (χ2n) is 7.47. The van der Waals surface area contributed by atoms with E-state index in [1.807, 2.05) is 19.1 Å². The molecule has 1 atom stereocenters. The van der Waals surface area contributed by atoms with Crippen LogP contribution in [0.15, 0.2) is 23.2 Å². The highest BCUT2D eigenvalue weighted by Gasteiger charge is 2.28. The van der Waals surface area contributed by atoms with Crippen LogP contribution >= 0.6 is 35.6 Å². The number of aliphatic imine (C=N–C) groups is 1. The van der Waals surface area contributed by atoms with Gasteiger partial charge in [-0.25, -0.2) is 13.4 Å². The number of hydrogen-bond donors (Lipinski definition) is 2. The molecule has 0 aliphatic carbocycles. The number of halogens is 2. The second-order valence-corrected chi connectivity index (χ2v) is 10.1. The molecule has 0 radical (unpaired) electrons. The Hall–Kier alpha value is -0.780. The van der Waals surface area contributed by atoms with Crippen LogP contribution in [0.3, 0.4) is 0 Å². The highest BCUT2D eigenvalue weighted by atomic mass is 127. The zero-order chi connectivity index (χ0) is 20.1. The first-order valence-corrected chi connectivity index (χ1v) is 12.0. The number of nitrogens with one attached hydrogen (secondary N) is 2. The molecule has 29 heavy (non-hydrogen) atoms. The molecule has 0 bridgehead atoms. The maximum atomic E-state index is 11.7. The second kappa shape index (κ2) is 11.0. The van der Waals surface area contributed by atoms with Gasteiger partial charge in [0.05, 0.1) is 18.1 Å². The number of piperazine rings is 1. The minimum atomic E-state index is -2.93. The van der Waals surface area contributed by atoms with Crippen molar-refractivity contribution in [3.05, 3.63) is 28.8 Å². The molecule has 164 valence electrons. The SMILES string of the molecule is CCNC(=NCc1c(Cl)cccc1N1CCN(C)CC1)NC1CCS(=O)(=O)C1.I. The van der Waals surface area contributed by atoms with Gasteiger partial charge in [0.25, 0.3) is 0 Å². The van der Waals surface area contributed by atoms with Gasteiger partial charge in [0, 0.05) is 55.0 Å². The van der Waals surface area contributed by atoms with Crippen molar-refractivity contribution in [1.82, 2.24) is 15.5 Å². The molecule has 2 aliphatic heterocycles. The lowest BCUT2D eigenvalue weighted by molar-refractivity contribution is 0.312. The molecule has 2 N–H and O–H groups in total. The Balaban J connectivity index is 0.00000300. The van der Waals surface area contributed by atoms with Gasteiger partial charge >= 0.3 is 0 Å². The van der Waals surface area contributed by atoms with E-state index in [0.717, 1.165) is 37.4 Å². The van der Waals surface area contributed by atoms with Gasteiger partial charge in [-0.3, -0.25) is 0 Å². The Morgan fingerprint density at radius 3 is 2.62 bits per heavy atom. The molecule has 0 saturated carbocycles. The molecule has 3 rings (SSSR count). The summed E-state index contributed by atoms with van der Waals surface area (Å²) < 4.78 is 23.4. The molecule has 1 unspecified atom stereocenters. The molecule has 2 fully saturated rings. The highest BCUT2D eigenvalue weighted by molar-refractivity contribution is 14.0. The van der Waals surface area contributed by atoms with Crippen LogP contribution in [0.4, 0.5) is 5.69 Å². The van der Waals surface area contributed by atoms with E-state index in [1.54, 1.807) is 0 Å². The maximum Gasteiger partial charge on any atom is 0.191 e. The zero-order valence-corrected chi connectivity index (χ0v) is 20.9. The van der Waals surface area contributed by atoms with Gasteiger partial charge in [0.15, 0.2) is 15.8 Å². The molecule has 2 saturated heterocycles. The van der Waals surface area contributed by atoms with Crippen LogP contribution < -0.4 is 15.5 Å². The van der Waals surface area contributed by atoms with Crippen LogP contribution in [0.5, 0.6) is 0 Å².